The van der Waals surface area contributed by atoms with Crippen LogP contribution in [0.1, 0.15) is 11.4 Å². The van der Waals surface area contributed by atoms with Gasteiger partial charge in [-0.1, -0.05) is 6.07 Å². The molecule has 1 aliphatic heterocycles. The molecular weight excluding hydrogens is 226 g/mol. The van der Waals surface area contributed by atoms with Crippen molar-refractivity contribution in [1.82, 2.24) is 24.8 Å². The molecule has 2 aromatic rings. The summed E-state index contributed by atoms with van der Waals surface area (Å²) in [7, 11) is 2.17. The normalized spacial score (nSPS) is 21.6. The maximum Gasteiger partial charge on any atom is 0.158 e. The Morgan fingerprint density at radius 3 is 3.17 bits per heavy atom. The fraction of sp³-hybridized carbons (Fsp3) is 0.538. The molecule has 3 rings (SSSR count). The first kappa shape index (κ1) is 11.6. The van der Waals surface area contributed by atoms with Crippen molar-refractivity contribution in [3.05, 3.63) is 29.7 Å². The first-order valence-electron chi connectivity index (χ1n) is 6.46. The first-order chi connectivity index (χ1) is 8.74. The van der Waals surface area contributed by atoms with Gasteiger partial charge in [0, 0.05) is 38.3 Å². The zero-order valence-electron chi connectivity index (χ0n) is 10.9. The summed E-state index contributed by atoms with van der Waals surface area (Å²) in [6, 6.07) is 4.58. The summed E-state index contributed by atoms with van der Waals surface area (Å²) in [5, 5.41) is 7.98. The van der Waals surface area contributed by atoms with E-state index >= 15 is 0 Å². The van der Waals surface area contributed by atoms with E-state index < -0.39 is 0 Å². The van der Waals surface area contributed by atoms with Crippen molar-refractivity contribution in [3.63, 3.8) is 0 Å². The third-order valence-electron chi connectivity index (χ3n) is 3.66. The Balaban J connectivity index is 1.84. The second-order valence-electron chi connectivity index (χ2n) is 5.03. The summed E-state index contributed by atoms with van der Waals surface area (Å²) in [6.07, 6.45) is 2.87. The Morgan fingerprint density at radius 1 is 1.50 bits per heavy atom. The van der Waals surface area contributed by atoms with Crippen molar-refractivity contribution in [2.24, 2.45) is 0 Å². The predicted octanol–water partition coefficient (Wildman–Crippen LogP) is 0.484. The van der Waals surface area contributed by atoms with Crippen LogP contribution in [0.3, 0.4) is 0 Å². The Labute approximate surface area is 107 Å². The minimum Gasteiger partial charge on any atom is -0.314 e. The Hall–Kier alpha value is -1.46. The highest BCUT2D eigenvalue weighted by Crippen LogP contribution is 2.10. The van der Waals surface area contributed by atoms with E-state index in [4.69, 9.17) is 0 Å². The quantitative estimate of drug-likeness (QED) is 0.836. The molecule has 1 atom stereocenters. The molecule has 0 radical (unpaired) electrons. The number of aromatic nitrogens is 3. The number of nitrogens with one attached hydrogen (secondary N) is 1. The summed E-state index contributed by atoms with van der Waals surface area (Å²) in [4.78, 5) is 7.02. The molecule has 0 bridgehead atoms. The lowest BCUT2D eigenvalue weighted by molar-refractivity contribution is 0.197. The standard InChI is InChI=1S/C13H19N5/c1-10-4-3-6-18-13(10)15-12(16-18)8-11-9-14-5-7-17(11)2/h3-4,6,11,14H,5,7-9H2,1-2H3. The highest BCUT2D eigenvalue weighted by Gasteiger charge is 2.20. The van der Waals surface area contributed by atoms with Gasteiger partial charge in [0.15, 0.2) is 11.5 Å². The summed E-state index contributed by atoms with van der Waals surface area (Å²) in [5.41, 5.74) is 2.14. The van der Waals surface area contributed by atoms with Crippen molar-refractivity contribution >= 4 is 5.65 Å². The molecule has 1 aliphatic rings. The van der Waals surface area contributed by atoms with Crippen LogP contribution in [0, 0.1) is 6.92 Å². The summed E-state index contributed by atoms with van der Waals surface area (Å²) in [5.74, 6) is 0.935. The number of hydrogen-bond acceptors (Lipinski definition) is 4. The number of hydrogen-bond donors (Lipinski definition) is 1. The first-order valence-corrected chi connectivity index (χ1v) is 6.46. The lowest BCUT2D eigenvalue weighted by Crippen LogP contribution is -2.50. The summed E-state index contributed by atoms with van der Waals surface area (Å²) < 4.78 is 1.88. The van der Waals surface area contributed by atoms with E-state index in [0.717, 1.165) is 37.5 Å². The highest BCUT2D eigenvalue weighted by atomic mass is 15.3. The molecule has 0 amide bonds. The second kappa shape index (κ2) is 4.66. The number of piperazine rings is 1. The minimum absolute atomic E-state index is 0.497. The van der Waals surface area contributed by atoms with E-state index in [1.165, 1.54) is 5.56 Å². The molecule has 5 heteroatoms. The third-order valence-corrected chi connectivity index (χ3v) is 3.66. The van der Waals surface area contributed by atoms with Gasteiger partial charge < -0.3 is 10.2 Å². The van der Waals surface area contributed by atoms with Gasteiger partial charge in [-0.05, 0) is 25.6 Å². The van der Waals surface area contributed by atoms with Crippen LogP contribution in [0.2, 0.25) is 0 Å². The Morgan fingerprint density at radius 2 is 2.39 bits per heavy atom. The molecule has 5 nitrogen and oxygen atoms in total. The second-order valence-corrected chi connectivity index (χ2v) is 5.03. The van der Waals surface area contributed by atoms with Gasteiger partial charge in [-0.2, -0.15) is 5.10 Å². The van der Waals surface area contributed by atoms with Crippen LogP contribution in [-0.2, 0) is 6.42 Å². The molecular formula is C13H19N5. The van der Waals surface area contributed by atoms with Crippen LogP contribution in [0.25, 0.3) is 5.65 Å². The zero-order valence-corrected chi connectivity index (χ0v) is 10.9. The van der Waals surface area contributed by atoms with Crippen molar-refractivity contribution in [1.29, 1.82) is 0 Å². The van der Waals surface area contributed by atoms with E-state index in [9.17, 15) is 0 Å². The van der Waals surface area contributed by atoms with Crippen molar-refractivity contribution in [2.45, 2.75) is 19.4 Å². The molecule has 2 aromatic heterocycles. The average molecular weight is 245 g/mol. The molecule has 0 aliphatic carbocycles. The van der Waals surface area contributed by atoms with Crippen LogP contribution in [0.15, 0.2) is 18.3 Å². The summed E-state index contributed by atoms with van der Waals surface area (Å²) in [6.45, 7) is 5.26. The minimum atomic E-state index is 0.497. The van der Waals surface area contributed by atoms with E-state index in [2.05, 4.69) is 40.3 Å². The summed E-state index contributed by atoms with van der Waals surface area (Å²) >= 11 is 0. The third kappa shape index (κ3) is 2.11. The molecule has 0 saturated carbocycles. The van der Waals surface area contributed by atoms with Crippen LogP contribution < -0.4 is 5.32 Å². The van der Waals surface area contributed by atoms with Crippen LogP contribution >= 0.6 is 0 Å². The van der Waals surface area contributed by atoms with Crippen molar-refractivity contribution in [2.75, 3.05) is 26.7 Å². The predicted molar refractivity (Wildman–Crippen MR) is 70.7 cm³/mol. The van der Waals surface area contributed by atoms with Gasteiger partial charge in [-0.3, -0.25) is 0 Å². The Bertz CT molecular complexity index is 547. The SMILES string of the molecule is Cc1cccn2nc(CC3CNCCN3C)nc12. The van der Waals surface area contributed by atoms with Crippen molar-refractivity contribution in [3.8, 4) is 0 Å². The number of fused-ring (bicyclic) bond motifs is 1. The van der Waals surface area contributed by atoms with Gasteiger partial charge in [-0.15, -0.1) is 0 Å². The number of likely N-dealkylation sites (N-methyl/N-ethyl adjacent to an activating group) is 1. The van der Waals surface area contributed by atoms with Crippen LogP contribution in [0.4, 0.5) is 0 Å². The topological polar surface area (TPSA) is 45.5 Å². The molecule has 3 heterocycles. The molecule has 1 unspecified atom stereocenters. The lowest BCUT2D eigenvalue weighted by atomic mass is 10.1. The zero-order chi connectivity index (χ0) is 12.5. The van der Waals surface area contributed by atoms with Gasteiger partial charge in [0.25, 0.3) is 0 Å². The largest absolute Gasteiger partial charge is 0.314 e. The van der Waals surface area contributed by atoms with Gasteiger partial charge >= 0.3 is 0 Å². The van der Waals surface area contributed by atoms with Gasteiger partial charge in [0.05, 0.1) is 0 Å². The maximum absolute atomic E-state index is 4.64. The smallest absolute Gasteiger partial charge is 0.158 e. The van der Waals surface area contributed by atoms with E-state index in [1.807, 2.05) is 16.8 Å². The van der Waals surface area contributed by atoms with E-state index in [1.54, 1.807) is 0 Å². The monoisotopic (exact) mass is 245 g/mol. The van der Waals surface area contributed by atoms with Crippen molar-refractivity contribution < 1.29 is 0 Å². The Kier molecular flexibility index (Phi) is 3.01. The molecule has 18 heavy (non-hydrogen) atoms. The molecule has 0 spiro atoms. The fourth-order valence-electron chi connectivity index (χ4n) is 2.47. The van der Waals surface area contributed by atoms with Gasteiger partial charge in [0.1, 0.15) is 0 Å². The molecule has 1 saturated heterocycles. The average Bonchev–Trinajstić information content (AvgIpc) is 2.76. The van der Waals surface area contributed by atoms with E-state index in [0.29, 0.717) is 6.04 Å². The molecule has 1 fully saturated rings. The number of nitrogens with zero attached hydrogens (tertiary/aromatic N) is 4. The van der Waals surface area contributed by atoms with E-state index in [-0.39, 0.29) is 0 Å². The fourth-order valence-corrected chi connectivity index (χ4v) is 2.47. The maximum atomic E-state index is 4.64. The molecule has 96 valence electrons. The highest BCUT2D eigenvalue weighted by molar-refractivity contribution is 5.45. The van der Waals surface area contributed by atoms with Gasteiger partial charge in [-0.25, -0.2) is 9.50 Å². The molecule has 1 N–H and O–H groups in total. The number of rotatable bonds is 2. The number of pyridine rings is 1. The molecule has 0 aromatic carbocycles. The van der Waals surface area contributed by atoms with Crippen LogP contribution in [-0.4, -0.2) is 52.2 Å². The number of aryl methyl sites for hydroxylation is 1. The van der Waals surface area contributed by atoms with Gasteiger partial charge in [0.2, 0.25) is 0 Å². The van der Waals surface area contributed by atoms with Crippen LogP contribution in [0.5, 0.6) is 0 Å². The lowest BCUT2D eigenvalue weighted by Gasteiger charge is -2.32.